The van der Waals surface area contributed by atoms with Crippen LogP contribution in [0.15, 0.2) is 49.2 Å². The highest BCUT2D eigenvalue weighted by Crippen LogP contribution is 2.41. The number of fused-ring (bicyclic) bond motifs is 1. The number of nitrogens with zero attached hydrogens (tertiary/aromatic N) is 4. The molecule has 0 fully saturated rings. The smallest absolute Gasteiger partial charge is 0.258 e. The highest BCUT2D eigenvalue weighted by Gasteiger charge is 2.32. The zero-order chi connectivity index (χ0) is 20.3. The van der Waals surface area contributed by atoms with E-state index in [2.05, 4.69) is 20.3 Å². The van der Waals surface area contributed by atoms with Crippen LogP contribution in [-0.2, 0) is 17.8 Å². The molecule has 0 aliphatic carbocycles. The number of hydrogen-bond acceptors (Lipinski definition) is 6. The van der Waals surface area contributed by atoms with Crippen LogP contribution in [0.4, 0.5) is 0 Å². The summed E-state index contributed by atoms with van der Waals surface area (Å²) in [6, 6.07) is 5.77. The average Bonchev–Trinajstić information content (AvgIpc) is 3.29. The summed E-state index contributed by atoms with van der Waals surface area (Å²) in [7, 11) is 0. The third-order valence-corrected chi connectivity index (χ3v) is 4.60. The summed E-state index contributed by atoms with van der Waals surface area (Å²) >= 11 is 0. The topological polar surface area (TPSA) is 91.2 Å². The largest absolute Gasteiger partial charge is 0.483 e. The van der Waals surface area contributed by atoms with E-state index in [1.54, 1.807) is 24.8 Å². The molecule has 1 amide bonds. The molecule has 150 valence electrons. The first-order valence-electron chi connectivity index (χ1n) is 9.50. The molecule has 0 unspecified atom stereocenters. The zero-order valence-electron chi connectivity index (χ0n) is 16.5. The van der Waals surface area contributed by atoms with E-state index in [-0.39, 0.29) is 18.1 Å². The van der Waals surface area contributed by atoms with Crippen molar-refractivity contribution in [2.45, 2.75) is 32.4 Å². The van der Waals surface area contributed by atoms with E-state index < -0.39 is 0 Å². The van der Waals surface area contributed by atoms with Crippen LogP contribution < -0.4 is 14.8 Å². The number of amides is 1. The number of benzene rings is 1. The molecule has 0 bridgehead atoms. The number of para-hydroxylation sites is 1. The maximum atomic E-state index is 12.2. The summed E-state index contributed by atoms with van der Waals surface area (Å²) in [5.74, 6) is 1.85. The minimum atomic E-state index is -0.254. The Labute approximate surface area is 168 Å². The first-order chi connectivity index (χ1) is 14.0. The van der Waals surface area contributed by atoms with Gasteiger partial charge in [0.2, 0.25) is 0 Å². The first-order valence-corrected chi connectivity index (χ1v) is 9.50. The summed E-state index contributed by atoms with van der Waals surface area (Å²) in [6.07, 6.45) is 9.27. The molecule has 1 N–H and O–H groups in total. The van der Waals surface area contributed by atoms with Crippen molar-refractivity contribution in [1.82, 2.24) is 24.8 Å². The summed E-state index contributed by atoms with van der Waals surface area (Å²) in [4.78, 5) is 24.8. The maximum Gasteiger partial charge on any atom is 0.258 e. The van der Waals surface area contributed by atoms with Gasteiger partial charge in [-0.1, -0.05) is 12.1 Å². The molecule has 0 spiro atoms. The third-order valence-electron chi connectivity index (χ3n) is 4.60. The molecule has 1 aromatic carbocycles. The minimum absolute atomic E-state index is 0.0683. The Bertz CT molecular complexity index is 1000. The third kappa shape index (κ3) is 4.37. The number of ether oxygens (including phenoxy) is 2. The Hall–Kier alpha value is -3.42. The van der Waals surface area contributed by atoms with E-state index in [4.69, 9.17) is 9.47 Å². The van der Waals surface area contributed by atoms with Crippen molar-refractivity contribution < 1.29 is 14.3 Å². The van der Waals surface area contributed by atoms with E-state index in [1.807, 2.05) is 42.8 Å². The lowest BCUT2D eigenvalue weighted by atomic mass is 10.0. The normalized spacial score (nSPS) is 14.1. The van der Waals surface area contributed by atoms with Crippen molar-refractivity contribution in [3.05, 3.63) is 54.7 Å². The van der Waals surface area contributed by atoms with Crippen molar-refractivity contribution >= 4 is 5.91 Å². The molecule has 2 aromatic heterocycles. The van der Waals surface area contributed by atoms with Crippen LogP contribution >= 0.6 is 0 Å². The van der Waals surface area contributed by atoms with Crippen LogP contribution in [0.2, 0.25) is 0 Å². The molecule has 3 aromatic rings. The van der Waals surface area contributed by atoms with E-state index in [0.29, 0.717) is 30.4 Å². The summed E-state index contributed by atoms with van der Waals surface area (Å²) in [5.41, 5.74) is 1.54. The molecule has 8 nitrogen and oxygen atoms in total. The second-order valence-electron chi connectivity index (χ2n) is 7.46. The van der Waals surface area contributed by atoms with Gasteiger partial charge >= 0.3 is 0 Å². The number of nitrogens with one attached hydrogen (secondary N) is 1. The molecule has 8 heteroatoms. The number of rotatable bonds is 7. The summed E-state index contributed by atoms with van der Waals surface area (Å²) in [6.45, 7) is 5.02. The maximum absolute atomic E-state index is 12.2. The predicted molar refractivity (Wildman–Crippen MR) is 107 cm³/mol. The van der Waals surface area contributed by atoms with Gasteiger partial charge in [-0.15, -0.1) is 0 Å². The fourth-order valence-electron chi connectivity index (χ4n) is 3.35. The van der Waals surface area contributed by atoms with Gasteiger partial charge in [0, 0.05) is 49.9 Å². The summed E-state index contributed by atoms with van der Waals surface area (Å²) < 4.78 is 13.6. The van der Waals surface area contributed by atoms with Gasteiger partial charge in [0.1, 0.15) is 11.3 Å². The standard InChI is InChI=1S/C21H23N5O3/c1-21(2)12-15-4-3-5-17(19(15)29-21)28-14-18(27)24-8-10-26-11-9-25-20(26)16-13-22-6-7-23-16/h3-7,9,11,13H,8,10,12,14H2,1-2H3,(H,24,27). The number of carbonyl (C=O) groups is 1. The van der Waals surface area contributed by atoms with Crippen LogP contribution in [0, 0.1) is 0 Å². The van der Waals surface area contributed by atoms with Gasteiger partial charge in [0.25, 0.3) is 5.91 Å². The van der Waals surface area contributed by atoms with Crippen molar-refractivity contribution in [2.24, 2.45) is 0 Å². The molecular weight excluding hydrogens is 370 g/mol. The van der Waals surface area contributed by atoms with Crippen molar-refractivity contribution in [3.8, 4) is 23.0 Å². The van der Waals surface area contributed by atoms with Gasteiger partial charge < -0.3 is 19.4 Å². The predicted octanol–water partition coefficient (Wildman–Crippen LogP) is 2.25. The van der Waals surface area contributed by atoms with Gasteiger partial charge in [0.05, 0.1) is 6.20 Å². The molecule has 1 aliphatic rings. The Morgan fingerprint density at radius 2 is 2.17 bits per heavy atom. The lowest BCUT2D eigenvalue weighted by Crippen LogP contribution is -2.31. The SMILES string of the molecule is CC1(C)Cc2cccc(OCC(=O)NCCn3ccnc3-c3cnccn3)c2O1. The van der Waals surface area contributed by atoms with Crippen LogP contribution in [0.5, 0.6) is 11.5 Å². The van der Waals surface area contributed by atoms with Gasteiger partial charge in [-0.3, -0.25) is 9.78 Å². The lowest BCUT2D eigenvalue weighted by Gasteiger charge is -2.18. The second-order valence-corrected chi connectivity index (χ2v) is 7.46. The van der Waals surface area contributed by atoms with Crippen molar-refractivity contribution in [2.75, 3.05) is 13.2 Å². The Kier molecular flexibility index (Phi) is 5.16. The van der Waals surface area contributed by atoms with Crippen LogP contribution in [-0.4, -0.2) is 44.2 Å². The van der Waals surface area contributed by atoms with Gasteiger partial charge in [0.15, 0.2) is 23.9 Å². The van der Waals surface area contributed by atoms with E-state index in [1.165, 1.54) is 0 Å². The first kappa shape index (κ1) is 18.9. The fourth-order valence-corrected chi connectivity index (χ4v) is 3.35. The molecule has 0 saturated carbocycles. The Balaban J connectivity index is 1.29. The molecule has 29 heavy (non-hydrogen) atoms. The van der Waals surface area contributed by atoms with E-state index in [9.17, 15) is 4.79 Å². The molecule has 3 heterocycles. The van der Waals surface area contributed by atoms with Gasteiger partial charge in [-0.25, -0.2) is 9.97 Å². The number of hydrogen-bond donors (Lipinski definition) is 1. The Morgan fingerprint density at radius 3 is 3.00 bits per heavy atom. The van der Waals surface area contributed by atoms with Gasteiger partial charge in [-0.2, -0.15) is 0 Å². The lowest BCUT2D eigenvalue weighted by molar-refractivity contribution is -0.123. The van der Waals surface area contributed by atoms with Crippen LogP contribution in [0.1, 0.15) is 19.4 Å². The Morgan fingerprint density at radius 1 is 1.28 bits per heavy atom. The molecule has 4 rings (SSSR count). The van der Waals surface area contributed by atoms with E-state index in [0.717, 1.165) is 17.7 Å². The zero-order valence-corrected chi connectivity index (χ0v) is 16.5. The summed E-state index contributed by atoms with van der Waals surface area (Å²) in [5, 5.41) is 2.86. The van der Waals surface area contributed by atoms with Gasteiger partial charge in [-0.05, 0) is 19.9 Å². The fraction of sp³-hybridized carbons (Fsp3) is 0.333. The van der Waals surface area contributed by atoms with Crippen molar-refractivity contribution in [3.63, 3.8) is 0 Å². The van der Waals surface area contributed by atoms with Crippen LogP contribution in [0.3, 0.4) is 0 Å². The quantitative estimate of drug-likeness (QED) is 0.662. The molecular formula is C21H23N5O3. The molecule has 0 saturated heterocycles. The number of carbonyl (C=O) groups excluding carboxylic acids is 1. The minimum Gasteiger partial charge on any atom is -0.483 e. The average molecular weight is 393 g/mol. The molecule has 0 atom stereocenters. The van der Waals surface area contributed by atoms with Crippen molar-refractivity contribution in [1.29, 1.82) is 0 Å². The van der Waals surface area contributed by atoms with Crippen LogP contribution in [0.25, 0.3) is 11.5 Å². The van der Waals surface area contributed by atoms with E-state index >= 15 is 0 Å². The number of aromatic nitrogens is 4. The monoisotopic (exact) mass is 393 g/mol. The molecule has 0 radical (unpaired) electrons. The molecule has 1 aliphatic heterocycles. The highest BCUT2D eigenvalue weighted by atomic mass is 16.5. The number of imidazole rings is 1. The highest BCUT2D eigenvalue weighted by molar-refractivity contribution is 5.77. The second kappa shape index (κ2) is 7.90.